The topological polar surface area (TPSA) is 54.0 Å². The highest BCUT2D eigenvalue weighted by atomic mass is 16.8. The van der Waals surface area contributed by atoms with Crippen LogP contribution >= 0.6 is 0 Å². The molecule has 5 heteroatoms. The number of carbonyl (C=O) groups excluding carboxylic acids is 1. The van der Waals surface area contributed by atoms with Crippen LogP contribution in [-0.4, -0.2) is 36.7 Å². The first-order valence-electron chi connectivity index (χ1n) is 8.81. The molecular weight excluding hydrogens is 332 g/mol. The summed E-state index contributed by atoms with van der Waals surface area (Å²) in [5.41, 5.74) is 2.09. The highest BCUT2D eigenvalue weighted by molar-refractivity contribution is 5.78. The summed E-state index contributed by atoms with van der Waals surface area (Å²) in [5, 5.41) is 0. The minimum absolute atomic E-state index is 0.237. The molecule has 0 N–H and O–H groups in total. The summed E-state index contributed by atoms with van der Waals surface area (Å²) in [6.45, 7) is 3.83. The average molecular weight is 354 g/mol. The first-order valence-corrected chi connectivity index (χ1v) is 8.81. The Balaban J connectivity index is 1.52. The van der Waals surface area contributed by atoms with E-state index in [-0.39, 0.29) is 18.7 Å². The van der Waals surface area contributed by atoms with E-state index in [2.05, 4.69) is 0 Å². The molecule has 2 fully saturated rings. The van der Waals surface area contributed by atoms with E-state index in [4.69, 9.17) is 18.9 Å². The van der Waals surface area contributed by atoms with Crippen molar-refractivity contribution >= 4 is 5.97 Å². The van der Waals surface area contributed by atoms with E-state index < -0.39 is 24.1 Å². The van der Waals surface area contributed by atoms with Gasteiger partial charge < -0.3 is 18.9 Å². The molecule has 0 aromatic heterocycles. The summed E-state index contributed by atoms with van der Waals surface area (Å²) in [5.74, 6) is -1.17. The fourth-order valence-corrected chi connectivity index (χ4v) is 3.49. The third-order valence-electron chi connectivity index (χ3n) is 4.63. The number of benzene rings is 2. The molecular formula is C21H22O5. The lowest BCUT2D eigenvalue weighted by Crippen LogP contribution is -2.33. The van der Waals surface area contributed by atoms with Gasteiger partial charge in [-0.15, -0.1) is 0 Å². The van der Waals surface area contributed by atoms with Crippen LogP contribution in [0, 0.1) is 0 Å². The van der Waals surface area contributed by atoms with E-state index in [1.165, 1.54) is 0 Å². The largest absolute Gasteiger partial charge is 0.455 e. The molecule has 0 radical (unpaired) electrons. The number of fused-ring (bicyclic) bond motifs is 1. The molecule has 2 aliphatic rings. The number of esters is 1. The molecule has 0 bridgehead atoms. The van der Waals surface area contributed by atoms with Crippen LogP contribution < -0.4 is 0 Å². The van der Waals surface area contributed by atoms with E-state index in [1.807, 2.05) is 60.7 Å². The number of carbonyl (C=O) groups is 1. The van der Waals surface area contributed by atoms with Crippen molar-refractivity contribution in [2.75, 3.05) is 6.61 Å². The molecule has 0 amide bonds. The Morgan fingerprint density at radius 3 is 2.12 bits per heavy atom. The fourth-order valence-electron chi connectivity index (χ4n) is 3.49. The summed E-state index contributed by atoms with van der Waals surface area (Å²) in [6.07, 6.45) is -1.84. The molecule has 0 unspecified atom stereocenters. The van der Waals surface area contributed by atoms with Crippen LogP contribution in [0.15, 0.2) is 60.7 Å². The molecule has 3 atom stereocenters. The van der Waals surface area contributed by atoms with Crippen molar-refractivity contribution in [2.24, 2.45) is 0 Å². The minimum Gasteiger partial charge on any atom is -0.455 e. The number of hydrogen-bond acceptors (Lipinski definition) is 5. The zero-order valence-corrected chi connectivity index (χ0v) is 14.8. The Labute approximate surface area is 152 Å². The Bertz CT molecular complexity index is 719. The van der Waals surface area contributed by atoms with Gasteiger partial charge in [0.2, 0.25) is 0 Å². The van der Waals surface area contributed by atoms with Gasteiger partial charge in [-0.2, -0.15) is 0 Å². The predicted octanol–water partition coefficient (Wildman–Crippen LogP) is 3.24. The number of hydrogen-bond donors (Lipinski definition) is 0. The van der Waals surface area contributed by atoms with Gasteiger partial charge in [-0.3, -0.25) is 0 Å². The summed E-state index contributed by atoms with van der Waals surface area (Å²) >= 11 is 0. The second-order valence-electron chi connectivity index (χ2n) is 7.03. The van der Waals surface area contributed by atoms with Crippen molar-refractivity contribution in [2.45, 2.75) is 44.1 Å². The van der Waals surface area contributed by atoms with Crippen molar-refractivity contribution in [1.82, 2.24) is 0 Å². The van der Waals surface area contributed by atoms with Gasteiger partial charge in [0.15, 0.2) is 18.0 Å². The monoisotopic (exact) mass is 354 g/mol. The van der Waals surface area contributed by atoms with Crippen LogP contribution in [-0.2, 0) is 23.7 Å². The number of rotatable bonds is 5. The fraction of sp³-hybridized carbons (Fsp3) is 0.381. The van der Waals surface area contributed by atoms with Crippen LogP contribution in [0.4, 0.5) is 0 Å². The lowest BCUT2D eigenvalue weighted by molar-refractivity contribution is -0.191. The molecule has 0 saturated carbocycles. The van der Waals surface area contributed by atoms with E-state index >= 15 is 0 Å². The van der Waals surface area contributed by atoms with Crippen LogP contribution in [0.5, 0.6) is 0 Å². The average Bonchev–Trinajstić information content (AvgIpc) is 3.11. The number of ether oxygens (including phenoxy) is 4. The second-order valence-corrected chi connectivity index (χ2v) is 7.03. The van der Waals surface area contributed by atoms with Crippen molar-refractivity contribution in [1.29, 1.82) is 0 Å². The highest BCUT2D eigenvalue weighted by Crippen LogP contribution is 2.37. The quantitative estimate of drug-likeness (QED) is 0.772. The van der Waals surface area contributed by atoms with Crippen LogP contribution in [0.25, 0.3) is 0 Å². The Kier molecular flexibility index (Phi) is 4.53. The molecule has 2 aromatic rings. The van der Waals surface area contributed by atoms with Gasteiger partial charge in [0.1, 0.15) is 12.2 Å². The van der Waals surface area contributed by atoms with Crippen molar-refractivity contribution < 1.29 is 23.7 Å². The van der Waals surface area contributed by atoms with Crippen LogP contribution in [0.2, 0.25) is 0 Å². The predicted molar refractivity (Wildman–Crippen MR) is 94.4 cm³/mol. The van der Waals surface area contributed by atoms with E-state index in [0.717, 1.165) is 11.1 Å². The standard InChI is InChI=1S/C21H22O5/c1-21(2)25-18-16(24-20(22)19(18)26-21)13-23-17(14-9-5-3-6-10-14)15-11-7-4-8-12-15/h3-12,16-19H,13H2,1-2H3/t16-,18+,19+/m1/s1. The molecule has 5 nitrogen and oxygen atoms in total. The van der Waals surface area contributed by atoms with Crippen molar-refractivity contribution in [3.63, 3.8) is 0 Å². The van der Waals surface area contributed by atoms with Gasteiger partial charge in [-0.05, 0) is 25.0 Å². The van der Waals surface area contributed by atoms with Gasteiger partial charge >= 0.3 is 5.97 Å². The summed E-state index contributed by atoms with van der Waals surface area (Å²) < 4.78 is 23.1. The molecule has 26 heavy (non-hydrogen) atoms. The minimum atomic E-state index is -0.786. The zero-order valence-electron chi connectivity index (χ0n) is 14.8. The lowest BCUT2D eigenvalue weighted by Gasteiger charge is -2.24. The smallest absolute Gasteiger partial charge is 0.338 e. The van der Waals surface area contributed by atoms with Gasteiger partial charge in [0.05, 0.1) is 6.61 Å². The highest BCUT2D eigenvalue weighted by Gasteiger charge is 2.56. The van der Waals surface area contributed by atoms with Crippen molar-refractivity contribution in [3.05, 3.63) is 71.8 Å². The van der Waals surface area contributed by atoms with Crippen LogP contribution in [0.3, 0.4) is 0 Å². The molecule has 0 aliphatic carbocycles. The summed E-state index contributed by atoms with van der Waals surface area (Å²) in [7, 11) is 0. The second kappa shape index (κ2) is 6.83. The maximum Gasteiger partial charge on any atom is 0.338 e. The maximum atomic E-state index is 12.1. The van der Waals surface area contributed by atoms with Crippen molar-refractivity contribution in [3.8, 4) is 0 Å². The molecule has 0 spiro atoms. The van der Waals surface area contributed by atoms with Crippen LogP contribution in [0.1, 0.15) is 31.1 Å². The van der Waals surface area contributed by atoms with Gasteiger partial charge in [0.25, 0.3) is 0 Å². The van der Waals surface area contributed by atoms with Gasteiger partial charge in [-0.25, -0.2) is 4.79 Å². The van der Waals surface area contributed by atoms with Gasteiger partial charge in [0, 0.05) is 0 Å². The molecule has 4 rings (SSSR count). The Hall–Kier alpha value is -2.21. The Morgan fingerprint density at radius 2 is 1.54 bits per heavy atom. The van der Waals surface area contributed by atoms with Gasteiger partial charge in [-0.1, -0.05) is 60.7 Å². The molecule has 2 saturated heterocycles. The SMILES string of the molecule is CC1(C)O[C@@H]2[C@H](O1)C(=O)O[C@@H]2COC(c1ccccc1)c1ccccc1. The van der Waals surface area contributed by atoms with E-state index in [0.29, 0.717) is 0 Å². The first kappa shape index (κ1) is 17.2. The first-order chi connectivity index (χ1) is 12.5. The Morgan fingerprint density at radius 1 is 0.962 bits per heavy atom. The maximum absolute atomic E-state index is 12.1. The lowest BCUT2D eigenvalue weighted by atomic mass is 10.0. The molecule has 136 valence electrons. The molecule has 2 heterocycles. The van der Waals surface area contributed by atoms with E-state index in [1.54, 1.807) is 13.8 Å². The summed E-state index contributed by atoms with van der Waals surface area (Å²) in [4.78, 5) is 12.1. The summed E-state index contributed by atoms with van der Waals surface area (Å²) in [6, 6.07) is 20.0. The third-order valence-corrected chi connectivity index (χ3v) is 4.63. The normalized spacial score (nSPS) is 26.7. The van der Waals surface area contributed by atoms with E-state index in [9.17, 15) is 4.79 Å². The zero-order chi connectivity index (χ0) is 18.1. The molecule has 2 aromatic carbocycles. The molecule has 2 aliphatic heterocycles. The third kappa shape index (κ3) is 3.38. The number of cyclic esters (lactones) is 1.